The molecule has 178 valence electrons. The Balaban J connectivity index is 1.47. The number of amides is 1. The lowest BCUT2D eigenvalue weighted by molar-refractivity contribution is -0.144. The highest BCUT2D eigenvalue weighted by atomic mass is 19.4. The van der Waals surface area contributed by atoms with E-state index in [-0.39, 0.29) is 23.0 Å². The molecular weight excluding hydrogens is 463 g/mol. The van der Waals surface area contributed by atoms with Crippen molar-refractivity contribution in [1.82, 2.24) is 34.6 Å². The Labute approximate surface area is 195 Å². The van der Waals surface area contributed by atoms with Crippen LogP contribution in [0.4, 0.5) is 13.2 Å². The zero-order valence-corrected chi connectivity index (χ0v) is 18.2. The zero-order chi connectivity index (χ0) is 24.7. The number of aromatic nitrogens is 6. The van der Waals surface area contributed by atoms with Crippen LogP contribution in [0.15, 0.2) is 65.8 Å². The van der Waals surface area contributed by atoms with Crippen molar-refractivity contribution in [3.8, 4) is 0 Å². The monoisotopic (exact) mass is 481 g/mol. The molecule has 0 spiro atoms. The van der Waals surface area contributed by atoms with Crippen LogP contribution in [-0.2, 0) is 24.6 Å². The predicted octanol–water partition coefficient (Wildman–Crippen LogP) is 2.93. The fourth-order valence-electron chi connectivity index (χ4n) is 3.89. The van der Waals surface area contributed by atoms with Crippen LogP contribution < -0.4 is 10.9 Å². The van der Waals surface area contributed by atoms with Gasteiger partial charge >= 0.3 is 6.18 Å². The summed E-state index contributed by atoms with van der Waals surface area (Å²) in [5, 5.41) is 7.17. The minimum Gasteiger partial charge on any atom is -0.344 e. The largest absolute Gasteiger partial charge is 0.449 e. The molecule has 9 nitrogen and oxygen atoms in total. The van der Waals surface area contributed by atoms with Gasteiger partial charge in [-0.05, 0) is 23.3 Å². The molecule has 0 fully saturated rings. The Bertz CT molecular complexity index is 1600. The molecular formula is C23H18F3N7O2. The van der Waals surface area contributed by atoms with Crippen LogP contribution in [-0.4, -0.2) is 35.2 Å². The molecule has 35 heavy (non-hydrogen) atoms. The third-order valence-corrected chi connectivity index (χ3v) is 5.58. The number of aromatic amines is 1. The number of aryl methyl sites for hydroxylation is 1. The van der Waals surface area contributed by atoms with Crippen molar-refractivity contribution in [2.24, 2.45) is 7.05 Å². The first-order chi connectivity index (χ1) is 16.7. The third kappa shape index (κ3) is 4.25. The van der Waals surface area contributed by atoms with E-state index in [1.807, 2.05) is 6.07 Å². The highest BCUT2D eigenvalue weighted by Gasteiger charge is 2.34. The van der Waals surface area contributed by atoms with Crippen molar-refractivity contribution in [1.29, 1.82) is 0 Å². The van der Waals surface area contributed by atoms with E-state index in [1.54, 1.807) is 37.4 Å². The normalized spacial score (nSPS) is 12.8. The lowest BCUT2D eigenvalue weighted by Gasteiger charge is -2.20. The molecule has 0 saturated carbocycles. The number of imidazole rings is 1. The fraction of sp³-hybridized carbons (Fsp3) is 0.174. The van der Waals surface area contributed by atoms with E-state index in [1.165, 1.54) is 33.9 Å². The van der Waals surface area contributed by atoms with E-state index < -0.39 is 29.5 Å². The number of halogens is 3. The van der Waals surface area contributed by atoms with Crippen LogP contribution in [0.25, 0.3) is 22.1 Å². The number of benzene rings is 2. The topological polar surface area (TPSA) is 110 Å². The number of rotatable bonds is 5. The number of carbonyl (C=O) groups excluding carboxylic acids is 1. The third-order valence-electron chi connectivity index (χ3n) is 5.58. The van der Waals surface area contributed by atoms with E-state index >= 15 is 0 Å². The number of nitrogens with one attached hydrogen (secondary N) is 2. The van der Waals surface area contributed by atoms with Gasteiger partial charge in [0.25, 0.3) is 5.56 Å². The van der Waals surface area contributed by atoms with Crippen molar-refractivity contribution in [3.05, 3.63) is 88.4 Å². The molecule has 2 aromatic carbocycles. The number of hydrogen-bond acceptors (Lipinski definition) is 5. The summed E-state index contributed by atoms with van der Waals surface area (Å²) in [6.45, 7) is -0.301. The van der Waals surface area contributed by atoms with Crippen LogP contribution in [0, 0.1) is 0 Å². The molecule has 12 heteroatoms. The molecule has 3 aromatic heterocycles. The molecule has 0 aliphatic carbocycles. The maximum atomic E-state index is 13.1. The Morgan fingerprint density at radius 2 is 1.91 bits per heavy atom. The molecule has 0 radical (unpaired) electrons. The van der Waals surface area contributed by atoms with Crippen molar-refractivity contribution >= 4 is 28.0 Å². The van der Waals surface area contributed by atoms with Gasteiger partial charge in [0.05, 0.1) is 23.3 Å². The van der Waals surface area contributed by atoms with Crippen LogP contribution in [0.1, 0.15) is 23.0 Å². The summed E-state index contributed by atoms with van der Waals surface area (Å²) in [6.07, 6.45) is -1.94. The van der Waals surface area contributed by atoms with E-state index in [0.717, 1.165) is 0 Å². The van der Waals surface area contributed by atoms with Gasteiger partial charge in [0, 0.05) is 7.05 Å². The average Bonchev–Trinajstić information content (AvgIpc) is 3.43. The van der Waals surface area contributed by atoms with Gasteiger partial charge in [0.2, 0.25) is 11.7 Å². The van der Waals surface area contributed by atoms with Gasteiger partial charge < -0.3 is 10.3 Å². The second-order valence-corrected chi connectivity index (χ2v) is 7.95. The fourth-order valence-corrected chi connectivity index (χ4v) is 3.89. The number of H-pyrrole nitrogens is 1. The average molecular weight is 481 g/mol. The summed E-state index contributed by atoms with van der Waals surface area (Å²) >= 11 is 0. The number of nitrogens with zero attached hydrogens (tertiary/aromatic N) is 5. The van der Waals surface area contributed by atoms with Gasteiger partial charge in [-0.25, -0.2) is 9.97 Å². The highest BCUT2D eigenvalue weighted by molar-refractivity contribution is 5.79. The molecule has 2 N–H and O–H groups in total. The van der Waals surface area contributed by atoms with Gasteiger partial charge in [-0.1, -0.05) is 36.4 Å². The molecule has 0 saturated heterocycles. The molecule has 1 atom stereocenters. The standard InChI is InChI=1S/C23H18F3N7O2/c1-32-20-15(10-28-32)21(35)33(12-27-20)11-18(34)31-19(13-5-3-2-4-6-13)14-7-8-16-17(9-14)30-22(29-16)23(24,25)26/h2-10,12,19H,11H2,1H3,(H,29,30)(H,31,34)/t19-/m0/s1. The Morgan fingerprint density at radius 1 is 1.14 bits per heavy atom. The quantitative estimate of drug-likeness (QED) is 0.401. The lowest BCUT2D eigenvalue weighted by Crippen LogP contribution is -2.35. The number of alkyl halides is 3. The van der Waals surface area contributed by atoms with Crippen molar-refractivity contribution in [2.45, 2.75) is 18.8 Å². The van der Waals surface area contributed by atoms with Crippen LogP contribution in [0.3, 0.4) is 0 Å². The highest BCUT2D eigenvalue weighted by Crippen LogP contribution is 2.30. The van der Waals surface area contributed by atoms with Crippen LogP contribution in [0.5, 0.6) is 0 Å². The Kier molecular flexibility index (Phi) is 5.35. The summed E-state index contributed by atoms with van der Waals surface area (Å²) in [5.41, 5.74) is 1.59. The minimum absolute atomic E-state index is 0.154. The van der Waals surface area contributed by atoms with E-state index in [0.29, 0.717) is 16.8 Å². The lowest BCUT2D eigenvalue weighted by atomic mass is 9.98. The molecule has 0 aliphatic rings. The van der Waals surface area contributed by atoms with Crippen LogP contribution >= 0.6 is 0 Å². The molecule has 0 aliphatic heterocycles. The maximum absolute atomic E-state index is 13.1. The number of fused-ring (bicyclic) bond motifs is 2. The molecule has 5 aromatic rings. The van der Waals surface area contributed by atoms with Crippen molar-refractivity contribution in [2.75, 3.05) is 0 Å². The first-order valence-electron chi connectivity index (χ1n) is 10.5. The first kappa shape index (κ1) is 22.3. The molecule has 1 amide bonds. The summed E-state index contributed by atoms with van der Waals surface area (Å²) in [5.74, 6) is -1.57. The smallest absolute Gasteiger partial charge is 0.344 e. The predicted molar refractivity (Wildman–Crippen MR) is 120 cm³/mol. The van der Waals surface area contributed by atoms with Gasteiger partial charge in [0.1, 0.15) is 18.3 Å². The van der Waals surface area contributed by atoms with E-state index in [4.69, 9.17) is 0 Å². The second kappa shape index (κ2) is 8.38. The summed E-state index contributed by atoms with van der Waals surface area (Å²) < 4.78 is 41.9. The van der Waals surface area contributed by atoms with Crippen molar-refractivity contribution in [3.63, 3.8) is 0 Å². The summed E-state index contributed by atoms with van der Waals surface area (Å²) in [4.78, 5) is 35.8. The molecule has 0 unspecified atom stereocenters. The second-order valence-electron chi connectivity index (χ2n) is 7.95. The van der Waals surface area contributed by atoms with Crippen LogP contribution in [0.2, 0.25) is 0 Å². The number of hydrogen-bond donors (Lipinski definition) is 2. The first-order valence-corrected chi connectivity index (χ1v) is 10.5. The van der Waals surface area contributed by atoms with Gasteiger partial charge in [0.15, 0.2) is 5.65 Å². The zero-order valence-electron chi connectivity index (χ0n) is 18.2. The Hall–Kier alpha value is -4.48. The Morgan fingerprint density at radius 3 is 2.66 bits per heavy atom. The van der Waals surface area contributed by atoms with Gasteiger partial charge in [-0.3, -0.25) is 18.8 Å². The molecule has 3 heterocycles. The van der Waals surface area contributed by atoms with Gasteiger partial charge in [-0.2, -0.15) is 18.3 Å². The minimum atomic E-state index is -4.61. The summed E-state index contributed by atoms with van der Waals surface area (Å²) in [6, 6.07) is 12.9. The summed E-state index contributed by atoms with van der Waals surface area (Å²) in [7, 11) is 1.66. The SMILES string of the molecule is Cn1ncc2c(=O)n(CC(=O)N[C@@H](c3ccccc3)c3ccc4nc(C(F)(F)F)[nH]c4c3)cnc21. The van der Waals surface area contributed by atoms with E-state index in [2.05, 4.69) is 25.4 Å². The number of carbonyl (C=O) groups is 1. The van der Waals surface area contributed by atoms with Crippen molar-refractivity contribution < 1.29 is 18.0 Å². The molecule has 5 rings (SSSR count). The van der Waals surface area contributed by atoms with E-state index in [9.17, 15) is 22.8 Å². The van der Waals surface area contributed by atoms with Gasteiger partial charge in [-0.15, -0.1) is 0 Å². The maximum Gasteiger partial charge on any atom is 0.449 e. The molecule has 0 bridgehead atoms.